The summed E-state index contributed by atoms with van der Waals surface area (Å²) in [5.41, 5.74) is 0.978. The molecule has 1 aromatic carbocycles. The maximum Gasteiger partial charge on any atom is 0.201 e. The summed E-state index contributed by atoms with van der Waals surface area (Å²) in [4.78, 5) is 0. The van der Waals surface area contributed by atoms with Crippen molar-refractivity contribution in [1.29, 1.82) is 0 Å². The van der Waals surface area contributed by atoms with E-state index in [2.05, 4.69) is 5.32 Å². The van der Waals surface area contributed by atoms with Gasteiger partial charge in [0.2, 0.25) is 5.75 Å². The number of hydrogen-bond acceptors (Lipinski definition) is 4. The summed E-state index contributed by atoms with van der Waals surface area (Å²) in [5, 5.41) is 12.9. The first kappa shape index (κ1) is 9.15. The third kappa shape index (κ3) is 1.37. The molecule has 0 aliphatic carbocycles. The number of rotatable bonds is 3. The van der Waals surface area contributed by atoms with Crippen molar-refractivity contribution in [3.63, 3.8) is 0 Å². The van der Waals surface area contributed by atoms with Gasteiger partial charge in [-0.05, 0) is 12.1 Å². The van der Waals surface area contributed by atoms with Crippen LogP contribution in [0.1, 0.15) is 11.6 Å². The molecule has 0 aromatic heterocycles. The molecule has 2 rings (SSSR count). The molecular weight excluding hydrogens is 182 g/mol. The van der Waals surface area contributed by atoms with E-state index in [4.69, 9.17) is 9.47 Å². The van der Waals surface area contributed by atoms with E-state index in [-0.39, 0.29) is 5.75 Å². The summed E-state index contributed by atoms with van der Waals surface area (Å²) in [7, 11) is 3.06. The molecule has 1 aliphatic heterocycles. The van der Waals surface area contributed by atoms with Gasteiger partial charge >= 0.3 is 0 Å². The zero-order valence-corrected chi connectivity index (χ0v) is 8.20. The number of benzene rings is 1. The minimum Gasteiger partial charge on any atom is -0.502 e. The largest absolute Gasteiger partial charge is 0.502 e. The van der Waals surface area contributed by atoms with Crippen LogP contribution in [0, 0.1) is 0 Å². The summed E-state index contributed by atoms with van der Waals surface area (Å²) >= 11 is 0. The normalized spacial score (nSPS) is 19.1. The Kier molecular flexibility index (Phi) is 2.21. The molecule has 4 heteroatoms. The Morgan fingerprint density at radius 3 is 2.57 bits per heavy atom. The second-order valence-electron chi connectivity index (χ2n) is 3.20. The van der Waals surface area contributed by atoms with Gasteiger partial charge in [0.15, 0.2) is 11.5 Å². The number of ether oxygens (including phenoxy) is 2. The molecule has 0 unspecified atom stereocenters. The van der Waals surface area contributed by atoms with Crippen molar-refractivity contribution < 1.29 is 14.6 Å². The van der Waals surface area contributed by atoms with Crippen LogP contribution in [0.4, 0.5) is 0 Å². The van der Waals surface area contributed by atoms with E-state index in [1.54, 1.807) is 13.2 Å². The highest BCUT2D eigenvalue weighted by Crippen LogP contribution is 2.42. The van der Waals surface area contributed by atoms with Crippen molar-refractivity contribution in [2.45, 2.75) is 6.04 Å². The fourth-order valence-electron chi connectivity index (χ4n) is 1.50. The van der Waals surface area contributed by atoms with Crippen LogP contribution in [0.5, 0.6) is 17.2 Å². The minimum absolute atomic E-state index is 0.0706. The van der Waals surface area contributed by atoms with E-state index < -0.39 is 0 Å². The van der Waals surface area contributed by atoms with E-state index in [1.807, 2.05) is 6.07 Å². The number of nitrogens with one attached hydrogen (secondary N) is 1. The topological polar surface area (TPSA) is 60.6 Å². The average molecular weight is 195 g/mol. The van der Waals surface area contributed by atoms with Crippen LogP contribution in [0.25, 0.3) is 0 Å². The Balaban J connectivity index is 2.46. The van der Waals surface area contributed by atoms with Crippen LogP contribution in [0.3, 0.4) is 0 Å². The van der Waals surface area contributed by atoms with Crippen molar-refractivity contribution in [2.24, 2.45) is 0 Å². The molecule has 0 spiro atoms. The molecule has 76 valence electrons. The van der Waals surface area contributed by atoms with E-state index in [0.717, 1.165) is 12.1 Å². The molecule has 1 aromatic rings. The maximum atomic E-state index is 9.77. The Morgan fingerprint density at radius 1 is 1.36 bits per heavy atom. The Hall–Kier alpha value is -1.42. The number of phenolic OH excluding ortho intramolecular Hbond substituents is 1. The first-order chi connectivity index (χ1) is 6.77. The van der Waals surface area contributed by atoms with Gasteiger partial charge in [-0.1, -0.05) is 0 Å². The van der Waals surface area contributed by atoms with Gasteiger partial charge in [-0.3, -0.25) is 0 Å². The molecule has 0 bridgehead atoms. The van der Waals surface area contributed by atoms with Gasteiger partial charge in [-0.2, -0.15) is 0 Å². The molecule has 0 amide bonds. The SMILES string of the molecule is COc1ccc([C@H]2CN2)c(OC)c1O. The fourth-order valence-corrected chi connectivity index (χ4v) is 1.50. The van der Waals surface area contributed by atoms with Crippen molar-refractivity contribution in [3.8, 4) is 17.2 Å². The second-order valence-corrected chi connectivity index (χ2v) is 3.20. The minimum atomic E-state index is 0.0706. The lowest BCUT2D eigenvalue weighted by Gasteiger charge is -2.11. The Morgan fingerprint density at radius 2 is 2.07 bits per heavy atom. The van der Waals surface area contributed by atoms with Crippen molar-refractivity contribution in [1.82, 2.24) is 5.32 Å². The zero-order chi connectivity index (χ0) is 10.1. The van der Waals surface area contributed by atoms with Crippen LogP contribution in [-0.2, 0) is 0 Å². The van der Waals surface area contributed by atoms with E-state index in [0.29, 0.717) is 17.5 Å². The number of phenols is 1. The molecule has 2 N–H and O–H groups in total. The predicted molar refractivity (Wildman–Crippen MR) is 52.0 cm³/mol. The molecule has 1 saturated heterocycles. The lowest BCUT2D eigenvalue weighted by Crippen LogP contribution is -1.95. The highest BCUT2D eigenvalue weighted by Gasteiger charge is 2.28. The first-order valence-electron chi connectivity index (χ1n) is 4.45. The van der Waals surface area contributed by atoms with Crippen molar-refractivity contribution in [2.75, 3.05) is 20.8 Å². The fraction of sp³-hybridized carbons (Fsp3) is 0.400. The molecule has 1 heterocycles. The van der Waals surface area contributed by atoms with Crippen LogP contribution in [-0.4, -0.2) is 25.9 Å². The van der Waals surface area contributed by atoms with Crippen molar-refractivity contribution in [3.05, 3.63) is 17.7 Å². The molecule has 0 saturated carbocycles. The summed E-state index contributed by atoms with van der Waals surface area (Å²) in [6.07, 6.45) is 0. The van der Waals surface area contributed by atoms with Gasteiger partial charge in [0.05, 0.1) is 14.2 Å². The van der Waals surface area contributed by atoms with E-state index in [1.165, 1.54) is 7.11 Å². The highest BCUT2D eigenvalue weighted by atomic mass is 16.5. The monoisotopic (exact) mass is 195 g/mol. The summed E-state index contributed by atoms with van der Waals surface area (Å²) in [5.74, 6) is 1.01. The van der Waals surface area contributed by atoms with Gasteiger partial charge in [-0.25, -0.2) is 0 Å². The summed E-state index contributed by atoms with van der Waals surface area (Å²) in [6, 6.07) is 3.96. The predicted octanol–water partition coefficient (Wildman–Crippen LogP) is 1.05. The number of aromatic hydroxyl groups is 1. The number of methoxy groups -OCH3 is 2. The summed E-state index contributed by atoms with van der Waals surface area (Å²) < 4.78 is 10.1. The molecule has 14 heavy (non-hydrogen) atoms. The first-order valence-corrected chi connectivity index (χ1v) is 4.45. The van der Waals surface area contributed by atoms with Gasteiger partial charge in [0.25, 0.3) is 0 Å². The van der Waals surface area contributed by atoms with Crippen LogP contribution in [0.15, 0.2) is 12.1 Å². The van der Waals surface area contributed by atoms with Crippen LogP contribution < -0.4 is 14.8 Å². The summed E-state index contributed by atoms with van der Waals surface area (Å²) in [6.45, 7) is 0.933. The van der Waals surface area contributed by atoms with E-state index in [9.17, 15) is 5.11 Å². The molecule has 1 fully saturated rings. The average Bonchev–Trinajstić information content (AvgIpc) is 3.00. The van der Waals surface area contributed by atoms with Crippen LogP contribution >= 0.6 is 0 Å². The van der Waals surface area contributed by atoms with Gasteiger partial charge < -0.3 is 19.9 Å². The third-order valence-corrected chi connectivity index (χ3v) is 2.33. The van der Waals surface area contributed by atoms with E-state index >= 15 is 0 Å². The second kappa shape index (κ2) is 3.38. The molecule has 4 nitrogen and oxygen atoms in total. The Bertz CT molecular complexity index is 347. The molecule has 1 aliphatic rings. The highest BCUT2D eigenvalue weighted by molar-refractivity contribution is 5.56. The Labute approximate surface area is 82.5 Å². The quantitative estimate of drug-likeness (QED) is 0.708. The van der Waals surface area contributed by atoms with Gasteiger partial charge in [-0.15, -0.1) is 0 Å². The number of hydrogen-bond donors (Lipinski definition) is 2. The standard InChI is InChI=1S/C10H13NO3/c1-13-8-4-3-6(7-5-11-7)10(14-2)9(8)12/h3-4,7,11-12H,5H2,1-2H3/t7-/m1/s1. The smallest absolute Gasteiger partial charge is 0.201 e. The molecule has 0 radical (unpaired) electrons. The maximum absolute atomic E-state index is 9.77. The lowest BCUT2D eigenvalue weighted by molar-refractivity contribution is 0.337. The lowest BCUT2D eigenvalue weighted by atomic mass is 10.1. The van der Waals surface area contributed by atoms with Gasteiger partial charge in [0, 0.05) is 18.2 Å². The molecule has 1 atom stereocenters. The van der Waals surface area contributed by atoms with Crippen LogP contribution in [0.2, 0.25) is 0 Å². The third-order valence-electron chi connectivity index (χ3n) is 2.33. The van der Waals surface area contributed by atoms with Gasteiger partial charge in [0.1, 0.15) is 0 Å². The zero-order valence-electron chi connectivity index (χ0n) is 8.20. The molecular formula is C10H13NO3. The van der Waals surface area contributed by atoms with Crippen molar-refractivity contribution >= 4 is 0 Å².